The third kappa shape index (κ3) is 5.80. The van der Waals surface area contributed by atoms with Gasteiger partial charge in [0.25, 0.3) is 0 Å². The van der Waals surface area contributed by atoms with E-state index < -0.39 is 0 Å². The summed E-state index contributed by atoms with van der Waals surface area (Å²) < 4.78 is 10.6. The topological polar surface area (TPSA) is 78.7 Å². The van der Waals surface area contributed by atoms with Gasteiger partial charge in [0, 0.05) is 51.2 Å². The molecule has 0 spiro atoms. The van der Waals surface area contributed by atoms with Crippen molar-refractivity contribution in [2.24, 2.45) is 0 Å². The number of amides is 1. The molecule has 29 heavy (non-hydrogen) atoms. The lowest BCUT2D eigenvalue weighted by molar-refractivity contribution is -0.127. The van der Waals surface area contributed by atoms with E-state index in [1.165, 1.54) is 5.56 Å². The van der Waals surface area contributed by atoms with Gasteiger partial charge in [-0.2, -0.15) is 5.26 Å². The molecule has 7 nitrogen and oxygen atoms in total. The van der Waals surface area contributed by atoms with E-state index in [2.05, 4.69) is 9.88 Å². The third-order valence-corrected chi connectivity index (χ3v) is 4.74. The average molecular weight is 392 g/mol. The van der Waals surface area contributed by atoms with E-state index in [1.807, 2.05) is 29.2 Å². The summed E-state index contributed by atoms with van der Waals surface area (Å²) in [7, 11) is 1.54. The van der Waals surface area contributed by atoms with Gasteiger partial charge in [0.15, 0.2) is 18.1 Å². The van der Waals surface area contributed by atoms with E-state index in [-0.39, 0.29) is 12.5 Å². The Balaban J connectivity index is 1.53. The van der Waals surface area contributed by atoms with Gasteiger partial charge < -0.3 is 14.4 Å². The largest absolute Gasteiger partial charge is 0.493 e. The number of hydrogen-bond donors (Lipinski definition) is 0. The molecule has 1 aliphatic rings. The lowest BCUT2D eigenvalue weighted by atomic mass is 10.1. The van der Waals surface area contributed by atoms with Gasteiger partial charge >= 0.3 is 0 Å². The van der Waals surface area contributed by atoms with Crippen molar-refractivity contribution < 1.29 is 14.3 Å². The molecule has 7 heteroatoms. The summed E-state index contributed by atoms with van der Waals surface area (Å²) in [5, 5.41) is 8.63. The van der Waals surface area contributed by atoms with Gasteiger partial charge in [-0.1, -0.05) is 6.07 Å². The zero-order chi connectivity index (χ0) is 20.5. The molecule has 1 aliphatic heterocycles. The summed E-state index contributed by atoms with van der Waals surface area (Å²) in [6, 6.07) is 11.3. The molecule has 2 aromatic rings. The molecule has 0 unspecified atom stereocenters. The van der Waals surface area contributed by atoms with Crippen LogP contribution >= 0.6 is 0 Å². The van der Waals surface area contributed by atoms with Gasteiger partial charge in [0.2, 0.25) is 5.91 Å². The van der Waals surface area contributed by atoms with E-state index in [4.69, 9.17) is 14.7 Å². The molecule has 1 aromatic heterocycles. The third-order valence-electron chi connectivity index (χ3n) is 4.74. The van der Waals surface area contributed by atoms with Crippen LogP contribution in [0.1, 0.15) is 11.1 Å². The molecule has 3 rings (SSSR count). The fourth-order valence-electron chi connectivity index (χ4n) is 3.16. The molecule has 1 aromatic carbocycles. The molecule has 0 aliphatic carbocycles. The number of piperazine rings is 1. The Labute approximate surface area is 170 Å². The summed E-state index contributed by atoms with van der Waals surface area (Å²) in [6.07, 6.45) is 6.96. The normalized spacial score (nSPS) is 14.6. The van der Waals surface area contributed by atoms with E-state index in [0.717, 1.165) is 25.2 Å². The number of carbonyl (C=O) groups excluding carboxylic acids is 1. The Morgan fingerprint density at radius 1 is 1.17 bits per heavy atom. The highest BCUT2D eigenvalue weighted by atomic mass is 16.5. The van der Waals surface area contributed by atoms with Crippen molar-refractivity contribution in [2.75, 3.05) is 39.9 Å². The maximum atomic E-state index is 12.5. The fraction of sp³-hybridized carbons (Fsp3) is 0.318. The van der Waals surface area contributed by atoms with Crippen LogP contribution in [-0.2, 0) is 11.3 Å². The summed E-state index contributed by atoms with van der Waals surface area (Å²) in [6.45, 7) is 3.94. The van der Waals surface area contributed by atoms with Gasteiger partial charge in [-0.3, -0.25) is 14.7 Å². The minimum absolute atomic E-state index is 0.00247. The Morgan fingerprint density at radius 3 is 2.62 bits per heavy atom. The first kappa shape index (κ1) is 20.4. The quantitative estimate of drug-likeness (QED) is 0.673. The first-order valence-electron chi connectivity index (χ1n) is 9.45. The molecule has 0 bridgehead atoms. The number of pyridine rings is 1. The van der Waals surface area contributed by atoms with Gasteiger partial charge in [-0.15, -0.1) is 0 Å². The predicted octanol–water partition coefficient (Wildman–Crippen LogP) is 2.35. The molecule has 0 radical (unpaired) electrons. The van der Waals surface area contributed by atoms with Crippen molar-refractivity contribution in [3.05, 3.63) is 59.9 Å². The van der Waals surface area contributed by atoms with Crippen LogP contribution in [0.4, 0.5) is 0 Å². The summed E-state index contributed by atoms with van der Waals surface area (Å²) >= 11 is 0. The smallest absolute Gasteiger partial charge is 0.246 e. The van der Waals surface area contributed by atoms with Crippen LogP contribution in [0.15, 0.2) is 48.8 Å². The molecule has 1 amide bonds. The van der Waals surface area contributed by atoms with Crippen molar-refractivity contribution in [1.29, 1.82) is 5.26 Å². The second kappa shape index (κ2) is 10.2. The Kier molecular flexibility index (Phi) is 7.20. The summed E-state index contributed by atoms with van der Waals surface area (Å²) in [4.78, 5) is 20.8. The van der Waals surface area contributed by atoms with Crippen LogP contribution in [0, 0.1) is 11.3 Å². The number of nitrogens with zero attached hydrogens (tertiary/aromatic N) is 4. The van der Waals surface area contributed by atoms with E-state index in [0.29, 0.717) is 24.6 Å². The van der Waals surface area contributed by atoms with Crippen molar-refractivity contribution >= 4 is 12.0 Å². The van der Waals surface area contributed by atoms with Crippen LogP contribution < -0.4 is 9.47 Å². The number of rotatable bonds is 7. The van der Waals surface area contributed by atoms with Crippen molar-refractivity contribution in [2.45, 2.75) is 6.54 Å². The number of benzene rings is 1. The van der Waals surface area contributed by atoms with E-state index >= 15 is 0 Å². The second-order valence-electron chi connectivity index (χ2n) is 6.65. The van der Waals surface area contributed by atoms with Gasteiger partial charge in [0.1, 0.15) is 6.07 Å². The van der Waals surface area contributed by atoms with Crippen molar-refractivity contribution in [3.63, 3.8) is 0 Å². The number of methoxy groups -OCH3 is 1. The summed E-state index contributed by atoms with van der Waals surface area (Å²) in [5.41, 5.74) is 2.06. The number of nitriles is 1. The number of hydrogen-bond acceptors (Lipinski definition) is 6. The van der Waals surface area contributed by atoms with Gasteiger partial charge in [-0.25, -0.2) is 0 Å². The molecule has 0 atom stereocenters. The van der Waals surface area contributed by atoms with Crippen molar-refractivity contribution in [3.8, 4) is 17.6 Å². The van der Waals surface area contributed by atoms with Crippen LogP contribution in [0.3, 0.4) is 0 Å². The van der Waals surface area contributed by atoms with Crippen LogP contribution in [-0.4, -0.2) is 60.6 Å². The Morgan fingerprint density at radius 2 is 1.93 bits per heavy atom. The molecule has 0 saturated carbocycles. The first-order chi connectivity index (χ1) is 14.2. The van der Waals surface area contributed by atoms with Gasteiger partial charge in [0.05, 0.1) is 7.11 Å². The highest BCUT2D eigenvalue weighted by Crippen LogP contribution is 2.28. The maximum absolute atomic E-state index is 12.5. The lowest BCUT2D eigenvalue weighted by Crippen LogP contribution is -2.47. The molecular weight excluding hydrogens is 368 g/mol. The second-order valence-corrected chi connectivity index (χ2v) is 6.65. The molecular formula is C22H24N4O3. The number of aromatic nitrogens is 1. The van der Waals surface area contributed by atoms with E-state index in [1.54, 1.807) is 43.8 Å². The standard InChI is InChI=1S/C22H24N4O3/c1-28-21-16-18(2-4-20(21)29-15-8-23)3-5-22(27)26-13-11-25(12-14-26)17-19-6-9-24-10-7-19/h2-7,9-10,16H,11-15,17H2,1H3/b5-3+. The molecule has 1 fully saturated rings. The first-order valence-corrected chi connectivity index (χ1v) is 9.45. The molecule has 1 saturated heterocycles. The summed E-state index contributed by atoms with van der Waals surface area (Å²) in [5.74, 6) is 1.03. The zero-order valence-electron chi connectivity index (χ0n) is 16.5. The zero-order valence-corrected chi connectivity index (χ0v) is 16.5. The fourth-order valence-corrected chi connectivity index (χ4v) is 3.16. The Hall–Kier alpha value is -3.37. The highest BCUT2D eigenvalue weighted by molar-refractivity contribution is 5.92. The maximum Gasteiger partial charge on any atom is 0.246 e. The number of ether oxygens (including phenoxy) is 2. The molecule has 0 N–H and O–H groups in total. The molecule has 2 heterocycles. The highest BCUT2D eigenvalue weighted by Gasteiger charge is 2.19. The number of carbonyl (C=O) groups is 1. The van der Waals surface area contributed by atoms with Crippen LogP contribution in [0.25, 0.3) is 6.08 Å². The predicted molar refractivity (Wildman–Crippen MR) is 109 cm³/mol. The minimum Gasteiger partial charge on any atom is -0.493 e. The van der Waals surface area contributed by atoms with Crippen molar-refractivity contribution in [1.82, 2.24) is 14.8 Å². The van der Waals surface area contributed by atoms with Crippen LogP contribution in [0.5, 0.6) is 11.5 Å². The average Bonchev–Trinajstić information content (AvgIpc) is 2.77. The Bertz CT molecular complexity index is 885. The van der Waals surface area contributed by atoms with Gasteiger partial charge in [-0.05, 0) is 41.5 Å². The monoisotopic (exact) mass is 392 g/mol. The van der Waals surface area contributed by atoms with E-state index in [9.17, 15) is 4.79 Å². The SMILES string of the molecule is COc1cc(/C=C/C(=O)N2CCN(Cc3ccncc3)CC2)ccc1OCC#N. The lowest BCUT2D eigenvalue weighted by Gasteiger charge is -2.34. The minimum atomic E-state index is -0.0445. The van der Waals surface area contributed by atoms with Crippen LogP contribution in [0.2, 0.25) is 0 Å². The molecule has 150 valence electrons.